The minimum Gasteiger partial charge on any atom is -0.354 e. The lowest BCUT2D eigenvalue weighted by Gasteiger charge is -2.26. The van der Waals surface area contributed by atoms with Crippen LogP contribution in [0.4, 0.5) is 0 Å². The molecule has 0 saturated heterocycles. The Bertz CT molecular complexity index is 1750. The van der Waals surface area contributed by atoms with Gasteiger partial charge in [-0.25, -0.2) is 0 Å². The number of pyridine rings is 2. The van der Waals surface area contributed by atoms with E-state index in [1.165, 1.54) is 0 Å². The number of aromatic amines is 2. The Kier molecular flexibility index (Phi) is 6.78. The summed E-state index contributed by atoms with van der Waals surface area (Å²) in [6.07, 6.45) is 0.0888. The van der Waals surface area contributed by atoms with Crippen LogP contribution in [0, 0.1) is 0 Å². The Hall–Kier alpha value is -4.01. The summed E-state index contributed by atoms with van der Waals surface area (Å²) in [6, 6.07) is 16.4. The molecule has 0 bridgehead atoms. The predicted molar refractivity (Wildman–Crippen MR) is 150 cm³/mol. The number of aromatic nitrogens is 2. The minimum atomic E-state index is -0.141. The summed E-state index contributed by atoms with van der Waals surface area (Å²) in [5.41, 5.74) is 3.11. The fraction of sp³-hybridized carbons (Fsp3) is 0.276. The summed E-state index contributed by atoms with van der Waals surface area (Å²) < 4.78 is 0. The number of H-pyrrole nitrogens is 2. The Morgan fingerprint density at radius 3 is 2.22 bits per heavy atom. The highest BCUT2D eigenvalue weighted by atomic mass is 16.2. The number of hydrogen-bond acceptors (Lipinski definition) is 5. The second-order valence-electron chi connectivity index (χ2n) is 9.29. The van der Waals surface area contributed by atoms with Gasteiger partial charge in [-0.3, -0.25) is 24.6 Å². The number of hydrogen-bond donors (Lipinski definition) is 4. The highest BCUT2D eigenvalue weighted by molar-refractivity contribution is 6.03. The lowest BCUT2D eigenvalue weighted by Crippen LogP contribution is -2.47. The normalized spacial score (nSPS) is 12.6. The quantitative estimate of drug-likeness (QED) is 0.194. The number of benzene rings is 3. The van der Waals surface area contributed by atoms with Gasteiger partial charge in [0.1, 0.15) is 0 Å². The molecule has 0 fully saturated rings. The molecule has 3 aromatic carbocycles. The molecule has 2 aromatic heterocycles. The second-order valence-corrected chi connectivity index (χ2v) is 9.29. The van der Waals surface area contributed by atoms with E-state index in [4.69, 9.17) is 0 Å². The van der Waals surface area contributed by atoms with E-state index in [-0.39, 0.29) is 36.0 Å². The molecule has 1 amide bonds. The summed E-state index contributed by atoms with van der Waals surface area (Å²) in [6.45, 7) is 8.45. The molecule has 0 saturated carbocycles. The van der Waals surface area contributed by atoms with Crippen molar-refractivity contribution in [1.82, 2.24) is 25.5 Å². The lowest BCUT2D eigenvalue weighted by molar-refractivity contribution is -0.120. The van der Waals surface area contributed by atoms with E-state index in [9.17, 15) is 14.4 Å². The van der Waals surface area contributed by atoms with Crippen molar-refractivity contribution < 1.29 is 4.79 Å². The zero-order chi connectivity index (χ0) is 26.1. The average molecular weight is 498 g/mol. The molecular weight excluding hydrogens is 466 g/mol. The van der Waals surface area contributed by atoms with E-state index in [2.05, 4.69) is 39.3 Å². The van der Waals surface area contributed by atoms with Crippen LogP contribution in [0.5, 0.6) is 0 Å². The fourth-order valence-corrected chi connectivity index (χ4v) is 5.06. The van der Waals surface area contributed by atoms with Gasteiger partial charge >= 0.3 is 0 Å². The third kappa shape index (κ3) is 4.61. The first-order valence-electron chi connectivity index (χ1n) is 12.7. The van der Waals surface area contributed by atoms with Crippen LogP contribution in [0.2, 0.25) is 0 Å². The van der Waals surface area contributed by atoms with Gasteiger partial charge in [0.2, 0.25) is 5.91 Å². The van der Waals surface area contributed by atoms with Crippen molar-refractivity contribution in [2.24, 2.45) is 0 Å². The molecule has 0 aliphatic rings. The number of carbonyl (C=O) groups is 1. The highest BCUT2D eigenvalue weighted by Crippen LogP contribution is 2.23. The third-order valence-corrected chi connectivity index (χ3v) is 7.13. The first kappa shape index (κ1) is 24.7. The van der Waals surface area contributed by atoms with E-state index in [1.54, 1.807) is 18.2 Å². The molecule has 5 aromatic rings. The molecule has 37 heavy (non-hydrogen) atoms. The molecule has 0 aliphatic carbocycles. The van der Waals surface area contributed by atoms with Crippen molar-refractivity contribution in [2.75, 3.05) is 19.6 Å². The Balaban J connectivity index is 1.48. The van der Waals surface area contributed by atoms with E-state index < -0.39 is 0 Å². The Morgan fingerprint density at radius 2 is 1.49 bits per heavy atom. The van der Waals surface area contributed by atoms with Crippen molar-refractivity contribution in [3.63, 3.8) is 0 Å². The SMILES string of the molecule is CCN(CC)C(C)NCC(=O)NCc1cccc2[nH]c3cc4c(=O)c5ccccc5[nH]c4cc3c(=O)c12. The number of amides is 1. The summed E-state index contributed by atoms with van der Waals surface area (Å²) in [4.78, 5) is 48.1. The van der Waals surface area contributed by atoms with Crippen LogP contribution in [0.3, 0.4) is 0 Å². The molecule has 5 rings (SSSR count). The van der Waals surface area contributed by atoms with E-state index >= 15 is 0 Å². The lowest BCUT2D eigenvalue weighted by atomic mass is 10.0. The van der Waals surface area contributed by atoms with Gasteiger partial charge in [-0.2, -0.15) is 0 Å². The van der Waals surface area contributed by atoms with Crippen LogP contribution < -0.4 is 21.5 Å². The number of carbonyl (C=O) groups excluding carboxylic acids is 1. The van der Waals surface area contributed by atoms with Crippen LogP contribution in [0.15, 0.2) is 64.2 Å². The van der Waals surface area contributed by atoms with Gasteiger partial charge in [0.05, 0.1) is 34.6 Å². The molecule has 8 nitrogen and oxygen atoms in total. The van der Waals surface area contributed by atoms with E-state index in [1.807, 2.05) is 43.3 Å². The molecule has 0 radical (unpaired) electrons. The van der Waals surface area contributed by atoms with Crippen molar-refractivity contribution in [3.8, 4) is 0 Å². The zero-order valence-corrected chi connectivity index (χ0v) is 21.3. The van der Waals surface area contributed by atoms with Gasteiger partial charge in [-0.05, 0) is 55.9 Å². The van der Waals surface area contributed by atoms with Crippen molar-refractivity contribution in [1.29, 1.82) is 0 Å². The molecule has 190 valence electrons. The van der Waals surface area contributed by atoms with Gasteiger partial charge in [0, 0.05) is 28.2 Å². The van der Waals surface area contributed by atoms with Gasteiger partial charge in [0.15, 0.2) is 10.9 Å². The van der Waals surface area contributed by atoms with E-state index in [0.29, 0.717) is 38.1 Å². The monoisotopic (exact) mass is 497 g/mol. The average Bonchev–Trinajstić information content (AvgIpc) is 2.91. The third-order valence-electron chi connectivity index (χ3n) is 7.13. The zero-order valence-electron chi connectivity index (χ0n) is 21.3. The highest BCUT2D eigenvalue weighted by Gasteiger charge is 2.15. The molecule has 2 heterocycles. The fourth-order valence-electron chi connectivity index (χ4n) is 5.06. The van der Waals surface area contributed by atoms with Gasteiger partial charge in [0.25, 0.3) is 0 Å². The van der Waals surface area contributed by atoms with Crippen LogP contribution in [-0.2, 0) is 11.3 Å². The summed E-state index contributed by atoms with van der Waals surface area (Å²) in [5.74, 6) is -0.135. The molecule has 0 spiro atoms. The number of nitrogens with one attached hydrogen (secondary N) is 4. The predicted octanol–water partition coefficient (Wildman–Crippen LogP) is 3.57. The summed E-state index contributed by atoms with van der Waals surface area (Å²) in [7, 11) is 0. The van der Waals surface area contributed by atoms with Gasteiger partial charge in [-0.1, -0.05) is 38.1 Å². The number of fused-ring (bicyclic) bond motifs is 4. The maximum Gasteiger partial charge on any atom is 0.234 e. The largest absolute Gasteiger partial charge is 0.354 e. The molecule has 8 heteroatoms. The molecule has 1 unspecified atom stereocenters. The first-order valence-corrected chi connectivity index (χ1v) is 12.7. The molecular formula is C29H31N5O3. The summed E-state index contributed by atoms with van der Waals surface area (Å²) >= 11 is 0. The Labute approximate surface area is 213 Å². The van der Waals surface area contributed by atoms with Crippen molar-refractivity contribution in [3.05, 3.63) is 80.6 Å². The summed E-state index contributed by atoms with van der Waals surface area (Å²) in [5, 5.41) is 8.33. The second kappa shape index (κ2) is 10.2. The van der Waals surface area contributed by atoms with Crippen molar-refractivity contribution in [2.45, 2.75) is 33.5 Å². The van der Waals surface area contributed by atoms with Crippen molar-refractivity contribution >= 4 is 49.5 Å². The van der Waals surface area contributed by atoms with Gasteiger partial charge in [-0.15, -0.1) is 0 Å². The smallest absolute Gasteiger partial charge is 0.234 e. The number of para-hydroxylation sites is 1. The van der Waals surface area contributed by atoms with Crippen LogP contribution in [-0.4, -0.2) is 46.6 Å². The molecule has 4 N–H and O–H groups in total. The standard InChI is InChI=1S/C29H31N5O3/c1-4-34(5-2)17(3)30-16-26(35)31-15-18-9-8-12-23-27(18)29(37)21-14-24-20(13-25(21)33-23)28(36)19-10-6-7-11-22(19)32-24/h6-14,17,30H,4-5,15-16H2,1-3H3,(H,31,35)(H,32,36)(H,33,37). The maximum atomic E-state index is 13.7. The molecule has 0 aliphatic heterocycles. The maximum absolute atomic E-state index is 13.7. The van der Waals surface area contributed by atoms with Gasteiger partial charge < -0.3 is 15.3 Å². The number of nitrogens with zero attached hydrogens (tertiary/aromatic N) is 1. The minimum absolute atomic E-state index is 0.0763. The Morgan fingerprint density at radius 1 is 0.838 bits per heavy atom. The first-order chi connectivity index (χ1) is 17.9. The van der Waals surface area contributed by atoms with Crippen LogP contribution in [0.25, 0.3) is 43.6 Å². The van der Waals surface area contributed by atoms with E-state index in [0.717, 1.165) is 24.2 Å². The number of rotatable bonds is 8. The van der Waals surface area contributed by atoms with Crippen LogP contribution in [0.1, 0.15) is 26.3 Å². The topological polar surface area (TPSA) is 110 Å². The van der Waals surface area contributed by atoms with Crippen LogP contribution >= 0.6 is 0 Å². The molecule has 1 atom stereocenters.